The van der Waals surface area contributed by atoms with Crippen LogP contribution in [0.3, 0.4) is 0 Å². The number of nitrogens with zero attached hydrogens (tertiary/aromatic N) is 3. The van der Waals surface area contributed by atoms with Gasteiger partial charge >= 0.3 is 0 Å². The summed E-state index contributed by atoms with van der Waals surface area (Å²) in [6.07, 6.45) is 5.44. The average Bonchev–Trinajstić information content (AvgIpc) is 3.43. The predicted octanol–water partition coefficient (Wildman–Crippen LogP) is 4.60. The lowest BCUT2D eigenvalue weighted by Crippen LogP contribution is -2.23. The van der Waals surface area contributed by atoms with Crippen LogP contribution < -0.4 is 15.0 Å². The van der Waals surface area contributed by atoms with Crippen LogP contribution in [0, 0.1) is 6.92 Å². The zero-order valence-electron chi connectivity index (χ0n) is 18.3. The SMILES string of the molecule is Cc1ccc2nc(COc3cccc(C(=O)Nc4ccc(N5CCCC5=O)cc4)c3)cn2c1. The van der Waals surface area contributed by atoms with Crippen LogP contribution in [0.25, 0.3) is 5.65 Å². The van der Waals surface area contributed by atoms with E-state index in [1.807, 2.05) is 66.2 Å². The summed E-state index contributed by atoms with van der Waals surface area (Å²) in [5, 5.41) is 2.90. The van der Waals surface area contributed by atoms with Crippen molar-refractivity contribution in [1.82, 2.24) is 9.38 Å². The highest BCUT2D eigenvalue weighted by Crippen LogP contribution is 2.24. The molecule has 0 radical (unpaired) electrons. The van der Waals surface area contributed by atoms with E-state index in [4.69, 9.17) is 4.74 Å². The van der Waals surface area contributed by atoms with Crippen LogP contribution >= 0.6 is 0 Å². The van der Waals surface area contributed by atoms with Gasteiger partial charge in [0.2, 0.25) is 5.91 Å². The maximum atomic E-state index is 12.7. The topological polar surface area (TPSA) is 75.9 Å². The summed E-state index contributed by atoms with van der Waals surface area (Å²) in [7, 11) is 0. The van der Waals surface area contributed by atoms with Crippen molar-refractivity contribution < 1.29 is 14.3 Å². The molecule has 3 heterocycles. The molecule has 0 spiro atoms. The first kappa shape index (κ1) is 20.8. The number of nitrogens with one attached hydrogen (secondary N) is 1. The molecule has 2 aromatic heterocycles. The molecule has 1 saturated heterocycles. The molecule has 4 aromatic rings. The standard InChI is InChI=1S/C26H24N4O3/c1-18-7-12-24-27-21(16-29(24)15-18)17-33-23-5-2-4-19(14-23)26(32)28-20-8-10-22(11-9-20)30-13-3-6-25(30)31/h2,4-5,7-12,14-16H,3,6,13,17H2,1H3,(H,28,32). The third kappa shape index (κ3) is 4.57. The summed E-state index contributed by atoms with van der Waals surface area (Å²) < 4.78 is 7.86. The van der Waals surface area contributed by atoms with Crippen molar-refractivity contribution in [3.05, 3.63) is 89.9 Å². The number of carbonyl (C=O) groups excluding carboxylic acids is 2. The number of pyridine rings is 1. The molecule has 5 rings (SSSR count). The largest absolute Gasteiger partial charge is 0.487 e. The first-order chi connectivity index (χ1) is 16.0. The molecule has 0 unspecified atom stereocenters. The molecule has 166 valence electrons. The Balaban J connectivity index is 1.22. The number of anilines is 2. The van der Waals surface area contributed by atoms with E-state index in [-0.39, 0.29) is 11.8 Å². The van der Waals surface area contributed by atoms with Crippen molar-refractivity contribution in [2.24, 2.45) is 0 Å². The Morgan fingerprint density at radius 3 is 2.73 bits per heavy atom. The highest BCUT2D eigenvalue weighted by atomic mass is 16.5. The Kier molecular flexibility index (Phi) is 5.52. The molecule has 0 bridgehead atoms. The second-order valence-electron chi connectivity index (χ2n) is 8.17. The molecule has 2 aromatic carbocycles. The van der Waals surface area contributed by atoms with E-state index in [1.54, 1.807) is 23.1 Å². The van der Waals surface area contributed by atoms with Crippen molar-refractivity contribution in [2.45, 2.75) is 26.4 Å². The molecule has 0 atom stereocenters. The number of fused-ring (bicyclic) bond motifs is 1. The zero-order chi connectivity index (χ0) is 22.8. The van der Waals surface area contributed by atoms with E-state index in [9.17, 15) is 9.59 Å². The van der Waals surface area contributed by atoms with E-state index in [0.29, 0.717) is 30.0 Å². The van der Waals surface area contributed by atoms with Gasteiger partial charge in [0.25, 0.3) is 5.91 Å². The van der Waals surface area contributed by atoms with Gasteiger partial charge in [-0.1, -0.05) is 12.1 Å². The first-order valence-corrected chi connectivity index (χ1v) is 10.9. The predicted molar refractivity (Wildman–Crippen MR) is 127 cm³/mol. The summed E-state index contributed by atoms with van der Waals surface area (Å²) in [6, 6.07) is 18.4. The van der Waals surface area contributed by atoms with Crippen molar-refractivity contribution in [1.29, 1.82) is 0 Å². The van der Waals surface area contributed by atoms with Crippen LogP contribution in [0.4, 0.5) is 11.4 Å². The highest BCUT2D eigenvalue weighted by molar-refractivity contribution is 6.04. The van der Waals surface area contributed by atoms with Crippen LogP contribution in [0.15, 0.2) is 73.1 Å². The van der Waals surface area contributed by atoms with Gasteiger partial charge in [-0.15, -0.1) is 0 Å². The number of benzene rings is 2. The minimum atomic E-state index is -0.228. The molecule has 1 N–H and O–H groups in total. The van der Waals surface area contributed by atoms with Crippen molar-refractivity contribution in [2.75, 3.05) is 16.8 Å². The summed E-state index contributed by atoms with van der Waals surface area (Å²) >= 11 is 0. The fraction of sp³-hybridized carbons (Fsp3) is 0.192. The van der Waals surface area contributed by atoms with E-state index >= 15 is 0 Å². The average molecular weight is 441 g/mol. The molecule has 1 aliphatic rings. The van der Waals surface area contributed by atoms with Gasteiger partial charge in [0.15, 0.2) is 0 Å². The monoisotopic (exact) mass is 440 g/mol. The van der Waals surface area contributed by atoms with E-state index in [0.717, 1.165) is 35.6 Å². The lowest BCUT2D eigenvalue weighted by molar-refractivity contribution is -0.117. The molecular weight excluding hydrogens is 416 g/mol. The Labute approximate surface area is 191 Å². The van der Waals surface area contributed by atoms with Crippen LogP contribution in [-0.2, 0) is 11.4 Å². The molecular formula is C26H24N4O3. The van der Waals surface area contributed by atoms with Gasteiger partial charge in [-0.25, -0.2) is 4.98 Å². The number of amides is 2. The van der Waals surface area contributed by atoms with Gasteiger partial charge in [0.1, 0.15) is 18.0 Å². The number of aromatic nitrogens is 2. The molecule has 7 nitrogen and oxygen atoms in total. The molecule has 2 amide bonds. The van der Waals surface area contributed by atoms with Gasteiger partial charge < -0.3 is 19.4 Å². The van der Waals surface area contributed by atoms with Gasteiger partial charge in [0.05, 0.1) is 5.69 Å². The van der Waals surface area contributed by atoms with Crippen LogP contribution in [0.5, 0.6) is 5.75 Å². The molecule has 1 aliphatic heterocycles. The number of imidazole rings is 1. The van der Waals surface area contributed by atoms with Gasteiger partial charge in [0, 0.05) is 42.3 Å². The third-order valence-electron chi connectivity index (χ3n) is 5.64. The quantitative estimate of drug-likeness (QED) is 0.475. The van der Waals surface area contributed by atoms with Gasteiger partial charge in [-0.3, -0.25) is 9.59 Å². The lowest BCUT2D eigenvalue weighted by atomic mass is 10.2. The van der Waals surface area contributed by atoms with Gasteiger partial charge in [-0.2, -0.15) is 0 Å². The number of carbonyl (C=O) groups is 2. The fourth-order valence-corrected chi connectivity index (χ4v) is 3.96. The number of rotatable bonds is 6. The van der Waals surface area contributed by atoms with Crippen LogP contribution in [0.2, 0.25) is 0 Å². The van der Waals surface area contributed by atoms with Crippen LogP contribution in [0.1, 0.15) is 34.5 Å². The minimum absolute atomic E-state index is 0.141. The molecule has 7 heteroatoms. The van der Waals surface area contributed by atoms with E-state index in [1.165, 1.54) is 0 Å². The number of ether oxygens (including phenoxy) is 1. The summed E-state index contributed by atoms with van der Waals surface area (Å²) in [5.41, 5.74) is 4.86. The molecule has 0 saturated carbocycles. The van der Waals surface area contributed by atoms with E-state index < -0.39 is 0 Å². The number of aryl methyl sites for hydroxylation is 1. The van der Waals surface area contributed by atoms with Crippen molar-refractivity contribution >= 4 is 28.8 Å². The Hall–Kier alpha value is -4.13. The maximum absolute atomic E-state index is 12.7. The smallest absolute Gasteiger partial charge is 0.255 e. The highest BCUT2D eigenvalue weighted by Gasteiger charge is 2.21. The van der Waals surface area contributed by atoms with Crippen molar-refractivity contribution in [3.8, 4) is 5.75 Å². The number of hydrogen-bond acceptors (Lipinski definition) is 4. The number of hydrogen-bond donors (Lipinski definition) is 1. The Morgan fingerprint density at radius 1 is 1.09 bits per heavy atom. The van der Waals surface area contributed by atoms with Crippen molar-refractivity contribution in [3.63, 3.8) is 0 Å². The zero-order valence-corrected chi connectivity index (χ0v) is 18.3. The van der Waals surface area contributed by atoms with E-state index in [2.05, 4.69) is 10.3 Å². The molecule has 0 aliphatic carbocycles. The Morgan fingerprint density at radius 2 is 1.94 bits per heavy atom. The minimum Gasteiger partial charge on any atom is -0.487 e. The fourth-order valence-electron chi connectivity index (χ4n) is 3.96. The second kappa shape index (κ2) is 8.78. The summed E-state index contributed by atoms with van der Waals surface area (Å²) in [5.74, 6) is 0.509. The molecule has 33 heavy (non-hydrogen) atoms. The second-order valence-corrected chi connectivity index (χ2v) is 8.17. The molecule has 1 fully saturated rings. The summed E-state index contributed by atoms with van der Waals surface area (Å²) in [6.45, 7) is 3.09. The Bertz CT molecular complexity index is 1330. The lowest BCUT2D eigenvalue weighted by Gasteiger charge is -2.16. The summed E-state index contributed by atoms with van der Waals surface area (Å²) in [4.78, 5) is 31.0. The maximum Gasteiger partial charge on any atom is 0.255 e. The normalized spacial score (nSPS) is 13.5. The third-order valence-corrected chi connectivity index (χ3v) is 5.64. The first-order valence-electron chi connectivity index (χ1n) is 10.9. The van der Waals surface area contributed by atoms with Gasteiger partial charge in [-0.05, 0) is 67.4 Å². The van der Waals surface area contributed by atoms with Crippen LogP contribution in [-0.4, -0.2) is 27.7 Å².